The van der Waals surface area contributed by atoms with Gasteiger partial charge in [-0.15, -0.1) is 22.7 Å². The van der Waals surface area contributed by atoms with Crippen LogP contribution in [0, 0.1) is 11.3 Å². The van der Waals surface area contributed by atoms with Crippen LogP contribution in [0.25, 0.3) is 0 Å². The summed E-state index contributed by atoms with van der Waals surface area (Å²) in [5.41, 5.74) is -0.787. The molecule has 4 rings (SSSR count). The Labute approximate surface area is 208 Å². The van der Waals surface area contributed by atoms with E-state index in [2.05, 4.69) is 14.7 Å². The summed E-state index contributed by atoms with van der Waals surface area (Å²) in [7, 11) is 2.85. The van der Waals surface area contributed by atoms with E-state index in [0.29, 0.717) is 22.9 Å². The van der Waals surface area contributed by atoms with Gasteiger partial charge in [0.25, 0.3) is 0 Å². The summed E-state index contributed by atoms with van der Waals surface area (Å²) >= 11 is 2.73. The van der Waals surface area contributed by atoms with Gasteiger partial charge in [0, 0.05) is 23.2 Å². The molecule has 2 aliphatic carbocycles. The third-order valence-corrected chi connectivity index (χ3v) is 7.77. The first-order valence-electron chi connectivity index (χ1n) is 11.6. The van der Waals surface area contributed by atoms with Gasteiger partial charge in [0.05, 0.1) is 20.1 Å². The first-order chi connectivity index (χ1) is 16.5. The van der Waals surface area contributed by atoms with Crippen molar-refractivity contribution in [1.29, 1.82) is 0 Å². The van der Waals surface area contributed by atoms with Gasteiger partial charge in [0.1, 0.15) is 16.5 Å². The Balaban J connectivity index is 0.000000202. The number of carbonyl (C=O) groups is 3. The predicted octanol–water partition coefficient (Wildman–Crippen LogP) is 5.00. The Morgan fingerprint density at radius 3 is 2.09 bits per heavy atom. The zero-order valence-corrected chi connectivity index (χ0v) is 21.4. The highest BCUT2D eigenvalue weighted by Gasteiger charge is 2.48. The number of rotatable bonds is 5. The molecule has 0 spiro atoms. The molecule has 1 atom stereocenters. The molecule has 10 heteroatoms. The second-order valence-corrected chi connectivity index (χ2v) is 10.2. The van der Waals surface area contributed by atoms with Crippen LogP contribution in [0.3, 0.4) is 0 Å². The monoisotopic (exact) mass is 510 g/mol. The number of aliphatic hydroxyl groups excluding tert-OH is 1. The molecule has 8 nitrogen and oxygen atoms in total. The number of aliphatic hydroxyl groups is 1. The van der Waals surface area contributed by atoms with Gasteiger partial charge in [0.15, 0.2) is 11.3 Å². The van der Waals surface area contributed by atoms with E-state index in [1.165, 1.54) is 56.2 Å². The van der Waals surface area contributed by atoms with Crippen molar-refractivity contribution in [2.45, 2.75) is 70.3 Å². The quantitative estimate of drug-likeness (QED) is 0.441. The SMILES string of the molecule is COC(=O)C1(C(O)c2nccs2)CCCCC1.COC(=O)C1CCCCC1.O=Cc1nccs1. The lowest BCUT2D eigenvalue weighted by atomic mass is 9.70. The van der Waals surface area contributed by atoms with E-state index >= 15 is 0 Å². The van der Waals surface area contributed by atoms with Crippen molar-refractivity contribution in [2.75, 3.05) is 14.2 Å². The summed E-state index contributed by atoms with van der Waals surface area (Å²) in [6, 6.07) is 0. The topological polar surface area (TPSA) is 116 Å². The number of aldehydes is 1. The molecule has 0 saturated heterocycles. The van der Waals surface area contributed by atoms with Crippen molar-refractivity contribution >= 4 is 40.9 Å². The van der Waals surface area contributed by atoms with E-state index < -0.39 is 11.5 Å². The summed E-state index contributed by atoms with van der Waals surface area (Å²) < 4.78 is 9.54. The van der Waals surface area contributed by atoms with E-state index in [-0.39, 0.29) is 17.9 Å². The molecule has 2 heterocycles. The van der Waals surface area contributed by atoms with Crippen molar-refractivity contribution in [2.24, 2.45) is 11.3 Å². The fourth-order valence-corrected chi connectivity index (χ4v) is 5.55. The summed E-state index contributed by atoms with van der Waals surface area (Å²) in [5.74, 6) is -0.113. The largest absolute Gasteiger partial charge is 0.469 e. The zero-order valence-electron chi connectivity index (χ0n) is 19.8. The molecular formula is C24H34N2O6S2. The lowest BCUT2D eigenvalue weighted by Crippen LogP contribution is -2.40. The molecule has 0 bridgehead atoms. The van der Waals surface area contributed by atoms with Crippen molar-refractivity contribution in [3.05, 3.63) is 33.2 Å². The smallest absolute Gasteiger partial charge is 0.314 e. The summed E-state index contributed by atoms with van der Waals surface area (Å²) in [6.07, 6.45) is 13.3. The molecule has 0 aliphatic heterocycles. The average molecular weight is 511 g/mol. The molecule has 0 radical (unpaired) electrons. The number of thiazole rings is 2. The molecule has 1 N–H and O–H groups in total. The van der Waals surface area contributed by atoms with E-state index in [1.807, 2.05) is 5.38 Å². The number of ether oxygens (including phenoxy) is 2. The fraction of sp³-hybridized carbons (Fsp3) is 0.625. The molecule has 2 aromatic rings. The van der Waals surface area contributed by atoms with Gasteiger partial charge in [-0.05, 0) is 25.7 Å². The van der Waals surface area contributed by atoms with E-state index in [0.717, 1.165) is 38.4 Å². The van der Waals surface area contributed by atoms with Crippen molar-refractivity contribution in [1.82, 2.24) is 9.97 Å². The fourth-order valence-electron chi connectivity index (χ4n) is 4.38. The molecule has 2 aliphatic rings. The van der Waals surface area contributed by atoms with Gasteiger partial charge < -0.3 is 14.6 Å². The van der Waals surface area contributed by atoms with Crippen LogP contribution >= 0.6 is 22.7 Å². The Kier molecular flexibility index (Phi) is 12.3. The number of hydrogen-bond donors (Lipinski definition) is 1. The number of aromatic nitrogens is 2. The first-order valence-corrected chi connectivity index (χ1v) is 13.3. The molecule has 2 aromatic heterocycles. The highest BCUT2D eigenvalue weighted by molar-refractivity contribution is 7.11. The maximum atomic E-state index is 12.0. The van der Waals surface area contributed by atoms with Crippen LogP contribution in [0.2, 0.25) is 0 Å². The van der Waals surface area contributed by atoms with Gasteiger partial charge in [-0.1, -0.05) is 38.5 Å². The molecule has 34 heavy (non-hydrogen) atoms. The Bertz CT molecular complexity index is 845. The molecule has 0 amide bonds. The molecule has 2 fully saturated rings. The van der Waals surface area contributed by atoms with Crippen LogP contribution in [0.4, 0.5) is 0 Å². The second-order valence-electron chi connectivity index (χ2n) is 8.33. The summed E-state index contributed by atoms with van der Waals surface area (Å²) in [6.45, 7) is 0. The molecule has 0 aromatic carbocycles. The van der Waals surface area contributed by atoms with Crippen LogP contribution < -0.4 is 0 Å². The third-order valence-electron chi connectivity index (χ3n) is 6.24. The van der Waals surface area contributed by atoms with Gasteiger partial charge in [-0.3, -0.25) is 14.4 Å². The minimum atomic E-state index is -0.838. The highest BCUT2D eigenvalue weighted by Crippen LogP contribution is 2.47. The zero-order chi connectivity index (χ0) is 24.8. The van der Waals surface area contributed by atoms with Crippen LogP contribution in [-0.4, -0.2) is 47.5 Å². The van der Waals surface area contributed by atoms with Crippen molar-refractivity contribution in [3.63, 3.8) is 0 Å². The van der Waals surface area contributed by atoms with Crippen LogP contribution in [0.15, 0.2) is 23.2 Å². The normalized spacial score (nSPS) is 18.2. The maximum Gasteiger partial charge on any atom is 0.314 e. The summed E-state index contributed by atoms with van der Waals surface area (Å²) in [4.78, 5) is 40.6. The molecular weight excluding hydrogens is 476 g/mol. The van der Waals surface area contributed by atoms with Gasteiger partial charge in [-0.25, -0.2) is 9.97 Å². The van der Waals surface area contributed by atoms with Gasteiger partial charge in [-0.2, -0.15) is 0 Å². The first kappa shape index (κ1) is 28.1. The predicted molar refractivity (Wildman–Crippen MR) is 131 cm³/mol. The minimum Gasteiger partial charge on any atom is -0.469 e. The van der Waals surface area contributed by atoms with Gasteiger partial charge in [0.2, 0.25) is 0 Å². The van der Waals surface area contributed by atoms with Crippen LogP contribution in [-0.2, 0) is 19.1 Å². The van der Waals surface area contributed by atoms with Crippen molar-refractivity contribution in [3.8, 4) is 0 Å². The van der Waals surface area contributed by atoms with Crippen LogP contribution in [0.1, 0.15) is 85.1 Å². The number of nitrogens with zero attached hydrogens (tertiary/aromatic N) is 2. The van der Waals surface area contributed by atoms with Crippen molar-refractivity contribution < 1.29 is 29.0 Å². The van der Waals surface area contributed by atoms with E-state index in [9.17, 15) is 19.5 Å². The van der Waals surface area contributed by atoms with E-state index in [1.54, 1.807) is 17.8 Å². The summed E-state index contributed by atoms with van der Waals surface area (Å²) in [5, 5.41) is 15.2. The average Bonchev–Trinajstić information content (AvgIpc) is 3.63. The molecule has 1 unspecified atom stereocenters. The molecule has 188 valence electrons. The number of methoxy groups -OCH3 is 2. The van der Waals surface area contributed by atoms with Crippen LogP contribution in [0.5, 0.6) is 0 Å². The van der Waals surface area contributed by atoms with Gasteiger partial charge >= 0.3 is 11.9 Å². The number of esters is 2. The maximum absolute atomic E-state index is 12.0. The third kappa shape index (κ3) is 7.95. The standard InChI is InChI=1S/C12H17NO3S.C8H14O2.C4H3NOS/c1-16-11(15)12(5-3-2-4-6-12)9(14)10-13-7-8-17-10;1-10-8(9)7-5-3-2-4-6-7;6-3-4-5-1-2-7-4/h7-9,14H,2-6H2,1H3;7H,2-6H2,1H3;1-3H. The minimum absolute atomic E-state index is 0.0142. The Morgan fingerprint density at radius 1 is 1.00 bits per heavy atom. The lowest BCUT2D eigenvalue weighted by Gasteiger charge is -2.37. The highest BCUT2D eigenvalue weighted by atomic mass is 32.1. The molecule has 2 saturated carbocycles. The van der Waals surface area contributed by atoms with E-state index in [4.69, 9.17) is 4.74 Å². The Morgan fingerprint density at radius 2 is 1.62 bits per heavy atom. The Hall–Kier alpha value is -2.17. The second kappa shape index (κ2) is 15.0. The lowest BCUT2D eigenvalue weighted by molar-refractivity contribution is -0.164. The number of hydrogen-bond acceptors (Lipinski definition) is 10. The number of carbonyl (C=O) groups excluding carboxylic acids is 3.